The molecule has 1 aliphatic heterocycles. The molecule has 1 saturated heterocycles. The lowest BCUT2D eigenvalue weighted by atomic mass is 9.90. The number of nitrogens with zero attached hydrogens (tertiary/aromatic N) is 4. The van der Waals surface area contributed by atoms with Crippen LogP contribution in [0.1, 0.15) is 30.7 Å². The highest BCUT2D eigenvalue weighted by Crippen LogP contribution is 2.24. The minimum atomic E-state index is 0.225. The van der Waals surface area contributed by atoms with Crippen LogP contribution in [0.25, 0.3) is 16.9 Å². The van der Waals surface area contributed by atoms with Crippen LogP contribution in [-0.4, -0.2) is 38.4 Å². The summed E-state index contributed by atoms with van der Waals surface area (Å²) < 4.78 is 2.08. The van der Waals surface area contributed by atoms with Crippen LogP contribution in [0.15, 0.2) is 79.0 Å². The number of imidazole rings is 1. The summed E-state index contributed by atoms with van der Waals surface area (Å²) in [4.78, 5) is 24.3. The normalized spacial score (nSPS) is 14.7. The van der Waals surface area contributed by atoms with E-state index in [0.29, 0.717) is 18.8 Å². The smallest absolute Gasteiger partial charge is 0.223 e. The van der Waals surface area contributed by atoms with Gasteiger partial charge < -0.3 is 4.90 Å². The van der Waals surface area contributed by atoms with Gasteiger partial charge in [0.2, 0.25) is 5.91 Å². The van der Waals surface area contributed by atoms with E-state index in [-0.39, 0.29) is 5.91 Å². The van der Waals surface area contributed by atoms with Gasteiger partial charge in [0.25, 0.3) is 0 Å². The van der Waals surface area contributed by atoms with E-state index < -0.39 is 0 Å². The maximum atomic E-state index is 13.0. The van der Waals surface area contributed by atoms with Gasteiger partial charge in [0.1, 0.15) is 11.3 Å². The summed E-state index contributed by atoms with van der Waals surface area (Å²) >= 11 is 0. The van der Waals surface area contributed by atoms with Crippen molar-refractivity contribution in [1.29, 1.82) is 0 Å². The Hall–Kier alpha value is -3.47. The minimum absolute atomic E-state index is 0.225. The van der Waals surface area contributed by atoms with Gasteiger partial charge in [-0.1, -0.05) is 48.5 Å². The summed E-state index contributed by atoms with van der Waals surface area (Å²) in [6, 6.07) is 24.7. The number of amides is 1. The third kappa shape index (κ3) is 4.42. The number of rotatable bonds is 6. The number of aryl methyl sites for hydroxylation is 1. The van der Waals surface area contributed by atoms with Crippen molar-refractivity contribution < 1.29 is 4.79 Å². The summed E-state index contributed by atoms with van der Waals surface area (Å²) in [5, 5.41) is 0. The highest BCUT2D eigenvalue weighted by atomic mass is 16.2. The molecule has 32 heavy (non-hydrogen) atoms. The van der Waals surface area contributed by atoms with Gasteiger partial charge in [-0.2, -0.15) is 0 Å². The molecule has 5 rings (SSSR count). The fourth-order valence-corrected chi connectivity index (χ4v) is 4.69. The molecule has 0 N–H and O–H groups in total. The third-order valence-electron chi connectivity index (χ3n) is 6.40. The Morgan fingerprint density at radius 2 is 1.62 bits per heavy atom. The summed E-state index contributed by atoms with van der Waals surface area (Å²) in [5.41, 5.74) is 4.12. The zero-order chi connectivity index (χ0) is 21.8. The van der Waals surface area contributed by atoms with Crippen LogP contribution < -0.4 is 0 Å². The Morgan fingerprint density at radius 1 is 0.906 bits per heavy atom. The van der Waals surface area contributed by atoms with Gasteiger partial charge in [-0.05, 0) is 55.0 Å². The lowest BCUT2D eigenvalue weighted by molar-refractivity contribution is -0.132. The fraction of sp³-hybridized carbons (Fsp3) is 0.296. The summed E-state index contributed by atoms with van der Waals surface area (Å²) in [7, 11) is 0. The van der Waals surface area contributed by atoms with E-state index in [9.17, 15) is 4.79 Å². The average molecular weight is 425 g/mol. The third-order valence-corrected chi connectivity index (χ3v) is 6.40. The van der Waals surface area contributed by atoms with Crippen molar-refractivity contribution in [2.24, 2.45) is 5.92 Å². The molecule has 1 amide bonds. The molecule has 0 bridgehead atoms. The number of benzene rings is 2. The highest BCUT2D eigenvalue weighted by Gasteiger charge is 2.23. The van der Waals surface area contributed by atoms with Crippen LogP contribution >= 0.6 is 0 Å². The van der Waals surface area contributed by atoms with Crippen molar-refractivity contribution in [1.82, 2.24) is 19.4 Å². The van der Waals surface area contributed by atoms with Crippen LogP contribution in [0, 0.1) is 5.92 Å². The molecule has 0 spiro atoms. The number of aromatic nitrogens is 3. The molecule has 0 atom stereocenters. The number of hydrogen-bond donors (Lipinski definition) is 0. The summed E-state index contributed by atoms with van der Waals surface area (Å²) in [6.07, 6.45) is 6.13. The second-order valence-corrected chi connectivity index (χ2v) is 8.56. The van der Waals surface area contributed by atoms with Crippen LogP contribution in [0.5, 0.6) is 0 Å². The minimum Gasteiger partial charge on any atom is -0.343 e. The van der Waals surface area contributed by atoms with Crippen molar-refractivity contribution in [3.05, 3.63) is 90.4 Å². The van der Waals surface area contributed by atoms with E-state index in [2.05, 4.69) is 52.0 Å². The molecular weight excluding hydrogens is 396 g/mol. The number of piperidine rings is 1. The Kier molecular flexibility index (Phi) is 5.97. The molecule has 5 heteroatoms. The largest absolute Gasteiger partial charge is 0.343 e. The molecule has 0 radical (unpaired) electrons. The molecule has 0 saturated carbocycles. The van der Waals surface area contributed by atoms with Crippen molar-refractivity contribution in [3.63, 3.8) is 0 Å². The number of para-hydroxylation sites is 1. The van der Waals surface area contributed by atoms with E-state index >= 15 is 0 Å². The van der Waals surface area contributed by atoms with Gasteiger partial charge in [-0.3, -0.25) is 9.36 Å². The highest BCUT2D eigenvalue weighted by molar-refractivity contribution is 5.77. The topological polar surface area (TPSA) is 51.0 Å². The van der Waals surface area contributed by atoms with Crippen molar-refractivity contribution in [2.45, 2.75) is 32.1 Å². The predicted molar refractivity (Wildman–Crippen MR) is 127 cm³/mol. The molecule has 2 aromatic carbocycles. The standard InChI is InChI=1S/C27H28N4O/c32-26(30-18-15-22(16-19-30)20-21-8-3-1-4-9-21)14-13-25-29-24-12-7-17-28-27(24)31(25)23-10-5-2-6-11-23/h1-12,17,22H,13-16,18-20H2. The predicted octanol–water partition coefficient (Wildman–Crippen LogP) is 4.83. The van der Waals surface area contributed by atoms with Gasteiger partial charge in [0.05, 0.1) is 0 Å². The maximum absolute atomic E-state index is 13.0. The van der Waals surface area contributed by atoms with Crippen LogP contribution in [0.3, 0.4) is 0 Å². The van der Waals surface area contributed by atoms with Gasteiger partial charge in [-0.25, -0.2) is 9.97 Å². The first-order valence-corrected chi connectivity index (χ1v) is 11.5. The number of carbonyl (C=O) groups is 1. The number of carbonyl (C=O) groups excluding carboxylic acids is 1. The SMILES string of the molecule is O=C(CCc1nc2cccnc2n1-c1ccccc1)N1CCC(Cc2ccccc2)CC1. The van der Waals surface area contributed by atoms with E-state index in [1.54, 1.807) is 6.20 Å². The van der Waals surface area contributed by atoms with Gasteiger partial charge in [-0.15, -0.1) is 0 Å². The molecule has 2 aromatic heterocycles. The van der Waals surface area contributed by atoms with Crippen molar-refractivity contribution in [3.8, 4) is 5.69 Å². The second-order valence-electron chi connectivity index (χ2n) is 8.56. The molecule has 1 aliphatic rings. The van der Waals surface area contributed by atoms with Crippen molar-refractivity contribution in [2.75, 3.05) is 13.1 Å². The molecule has 0 aliphatic carbocycles. The first-order valence-electron chi connectivity index (χ1n) is 11.5. The second kappa shape index (κ2) is 9.35. The number of hydrogen-bond acceptors (Lipinski definition) is 3. The number of likely N-dealkylation sites (tertiary alicyclic amines) is 1. The number of pyridine rings is 1. The molecule has 1 fully saturated rings. The van der Waals surface area contributed by atoms with Crippen LogP contribution in [0.2, 0.25) is 0 Å². The fourth-order valence-electron chi connectivity index (χ4n) is 4.69. The summed E-state index contributed by atoms with van der Waals surface area (Å²) in [6.45, 7) is 1.71. The lowest BCUT2D eigenvalue weighted by Crippen LogP contribution is -2.39. The van der Waals surface area contributed by atoms with Crippen molar-refractivity contribution >= 4 is 17.1 Å². The van der Waals surface area contributed by atoms with E-state index in [4.69, 9.17) is 4.98 Å². The first-order chi connectivity index (χ1) is 15.8. The quantitative estimate of drug-likeness (QED) is 0.445. The van der Waals surface area contributed by atoms with Gasteiger partial charge >= 0.3 is 0 Å². The zero-order valence-corrected chi connectivity index (χ0v) is 18.2. The average Bonchev–Trinajstić information content (AvgIpc) is 3.22. The molecule has 3 heterocycles. The monoisotopic (exact) mass is 424 g/mol. The van der Waals surface area contributed by atoms with E-state index in [1.165, 1.54) is 5.56 Å². The van der Waals surface area contributed by atoms with E-state index in [1.807, 2.05) is 35.2 Å². The molecule has 4 aromatic rings. The maximum Gasteiger partial charge on any atom is 0.223 e. The van der Waals surface area contributed by atoms with E-state index in [0.717, 1.165) is 55.0 Å². The van der Waals surface area contributed by atoms with Gasteiger partial charge in [0, 0.05) is 37.8 Å². The van der Waals surface area contributed by atoms with Crippen LogP contribution in [-0.2, 0) is 17.6 Å². The Balaban J connectivity index is 1.23. The number of fused-ring (bicyclic) bond motifs is 1. The van der Waals surface area contributed by atoms with Gasteiger partial charge in [0.15, 0.2) is 5.65 Å². The molecule has 162 valence electrons. The Bertz CT molecular complexity index is 1180. The first kappa shape index (κ1) is 20.4. The Morgan fingerprint density at radius 3 is 2.38 bits per heavy atom. The summed E-state index contributed by atoms with van der Waals surface area (Å²) in [5.74, 6) is 1.77. The molecular formula is C27H28N4O. The van der Waals surface area contributed by atoms with Crippen LogP contribution in [0.4, 0.5) is 0 Å². The molecule has 5 nitrogen and oxygen atoms in total. The molecule has 0 unspecified atom stereocenters. The Labute approximate surface area is 188 Å². The lowest BCUT2D eigenvalue weighted by Gasteiger charge is -2.32. The zero-order valence-electron chi connectivity index (χ0n) is 18.2.